The molecule has 3 heterocycles. The number of rotatable bonds is 4. The average molecular weight is 400 g/mol. The van der Waals surface area contributed by atoms with E-state index in [0.29, 0.717) is 40.0 Å². The third-order valence-electron chi connectivity index (χ3n) is 4.49. The van der Waals surface area contributed by atoms with Crippen molar-refractivity contribution in [3.8, 4) is 11.1 Å². The van der Waals surface area contributed by atoms with Crippen LogP contribution in [0.4, 0.5) is 21.7 Å². The summed E-state index contributed by atoms with van der Waals surface area (Å²) in [5.41, 5.74) is 1.63. The second-order valence-corrected chi connectivity index (χ2v) is 6.72. The maximum Gasteiger partial charge on any atom is 0.256 e. The van der Waals surface area contributed by atoms with Crippen LogP contribution >= 0.6 is 11.6 Å². The Morgan fingerprint density at radius 1 is 1.21 bits per heavy atom. The molecule has 0 fully saturated rings. The lowest BCUT2D eigenvalue weighted by Gasteiger charge is -2.14. The van der Waals surface area contributed by atoms with Gasteiger partial charge in [-0.25, -0.2) is 14.4 Å². The normalized spacial score (nSPS) is 12.6. The molecule has 28 heavy (non-hydrogen) atoms. The molecule has 4 rings (SSSR count). The lowest BCUT2D eigenvalue weighted by atomic mass is 10.0. The molecule has 3 aromatic rings. The van der Waals surface area contributed by atoms with Gasteiger partial charge in [0.05, 0.1) is 17.7 Å². The SMILES string of the molecule is CCc1[nH]c(=O)c(-c2cc(Cl)ccc2F)cc1Nc1ncnc2c1CC(=O)N2. The van der Waals surface area contributed by atoms with Crippen molar-refractivity contribution in [3.05, 3.63) is 63.0 Å². The second-order valence-electron chi connectivity index (χ2n) is 6.28. The summed E-state index contributed by atoms with van der Waals surface area (Å²) in [6, 6.07) is 5.60. The number of carbonyl (C=O) groups excluding carboxylic acids is 1. The summed E-state index contributed by atoms with van der Waals surface area (Å²) in [6.07, 6.45) is 2.01. The monoisotopic (exact) mass is 399 g/mol. The molecule has 9 heteroatoms. The molecule has 0 radical (unpaired) electrons. The van der Waals surface area contributed by atoms with Crippen molar-refractivity contribution in [1.82, 2.24) is 15.0 Å². The molecule has 1 amide bonds. The van der Waals surface area contributed by atoms with Crippen LogP contribution < -0.4 is 16.2 Å². The Hall–Kier alpha value is -3.26. The lowest BCUT2D eigenvalue weighted by Crippen LogP contribution is -2.14. The molecular formula is C19H15ClFN5O2. The quantitative estimate of drug-likeness (QED) is 0.624. The number of aromatic nitrogens is 3. The predicted octanol–water partition coefficient (Wildman–Crippen LogP) is 3.43. The van der Waals surface area contributed by atoms with Crippen LogP contribution in [0.1, 0.15) is 18.2 Å². The molecule has 0 unspecified atom stereocenters. The summed E-state index contributed by atoms with van der Waals surface area (Å²) in [5, 5.41) is 6.13. The van der Waals surface area contributed by atoms with Crippen LogP contribution in [0.2, 0.25) is 5.02 Å². The smallest absolute Gasteiger partial charge is 0.256 e. The van der Waals surface area contributed by atoms with Gasteiger partial charge in [-0.2, -0.15) is 0 Å². The number of nitrogens with zero attached hydrogens (tertiary/aromatic N) is 2. The van der Waals surface area contributed by atoms with Gasteiger partial charge in [-0.15, -0.1) is 0 Å². The summed E-state index contributed by atoms with van der Waals surface area (Å²) >= 11 is 5.97. The van der Waals surface area contributed by atoms with Crippen molar-refractivity contribution < 1.29 is 9.18 Å². The Morgan fingerprint density at radius 2 is 2.04 bits per heavy atom. The van der Waals surface area contributed by atoms with Crippen molar-refractivity contribution >= 4 is 34.8 Å². The van der Waals surface area contributed by atoms with E-state index in [0.717, 1.165) is 0 Å². The lowest BCUT2D eigenvalue weighted by molar-refractivity contribution is -0.115. The van der Waals surface area contributed by atoms with Crippen molar-refractivity contribution in [2.45, 2.75) is 19.8 Å². The molecular weight excluding hydrogens is 385 g/mol. The minimum Gasteiger partial charge on any atom is -0.338 e. The van der Waals surface area contributed by atoms with Gasteiger partial charge >= 0.3 is 0 Å². The number of hydrogen-bond donors (Lipinski definition) is 3. The van der Waals surface area contributed by atoms with Crippen molar-refractivity contribution in [2.75, 3.05) is 10.6 Å². The molecule has 142 valence electrons. The number of benzene rings is 1. The number of aryl methyl sites for hydroxylation is 1. The van der Waals surface area contributed by atoms with Crippen LogP contribution in [0.5, 0.6) is 0 Å². The van der Waals surface area contributed by atoms with Gasteiger partial charge in [-0.3, -0.25) is 9.59 Å². The zero-order valence-corrected chi connectivity index (χ0v) is 15.5. The number of H-pyrrole nitrogens is 1. The van der Waals surface area contributed by atoms with Crippen LogP contribution in [-0.4, -0.2) is 20.9 Å². The first-order chi connectivity index (χ1) is 13.5. The summed E-state index contributed by atoms with van der Waals surface area (Å²) in [4.78, 5) is 35.2. The first-order valence-corrected chi connectivity index (χ1v) is 8.96. The minimum atomic E-state index is -0.553. The fourth-order valence-corrected chi connectivity index (χ4v) is 3.29. The van der Waals surface area contributed by atoms with E-state index in [-0.39, 0.29) is 23.5 Å². The highest BCUT2D eigenvalue weighted by Crippen LogP contribution is 2.31. The zero-order chi connectivity index (χ0) is 19.8. The van der Waals surface area contributed by atoms with Gasteiger partial charge in [-0.05, 0) is 30.7 Å². The molecule has 0 saturated heterocycles. The molecule has 1 aliphatic heterocycles. The van der Waals surface area contributed by atoms with E-state index in [1.54, 1.807) is 6.07 Å². The average Bonchev–Trinajstić information content (AvgIpc) is 3.06. The summed E-state index contributed by atoms with van der Waals surface area (Å²) < 4.78 is 14.3. The van der Waals surface area contributed by atoms with E-state index in [4.69, 9.17) is 11.6 Å². The Kier molecular flexibility index (Phi) is 4.56. The molecule has 2 aromatic heterocycles. The molecule has 0 saturated carbocycles. The van der Waals surface area contributed by atoms with Crippen LogP contribution in [0.3, 0.4) is 0 Å². The standard InChI is InChI=1S/C19H15ClFN5O2/c1-2-14-15(24-17-12-7-16(27)26-18(12)23-8-22-17)6-11(19(28)25-14)10-5-9(20)3-4-13(10)21/h3-6,8H,2,7H2,1H3,(H,25,28)(H2,22,23,24,26,27). The van der Waals surface area contributed by atoms with Gasteiger partial charge in [0.25, 0.3) is 5.56 Å². The van der Waals surface area contributed by atoms with Crippen molar-refractivity contribution in [1.29, 1.82) is 0 Å². The van der Waals surface area contributed by atoms with Gasteiger partial charge in [0.1, 0.15) is 23.8 Å². The third kappa shape index (κ3) is 3.22. The fourth-order valence-electron chi connectivity index (χ4n) is 3.12. The Morgan fingerprint density at radius 3 is 2.82 bits per heavy atom. The number of carbonyl (C=O) groups is 1. The van der Waals surface area contributed by atoms with Crippen LogP contribution in [0, 0.1) is 5.82 Å². The van der Waals surface area contributed by atoms with Crippen LogP contribution in [-0.2, 0) is 17.6 Å². The molecule has 3 N–H and O–H groups in total. The number of amides is 1. The van der Waals surface area contributed by atoms with Gasteiger partial charge in [0.15, 0.2) is 0 Å². The summed E-state index contributed by atoms with van der Waals surface area (Å²) in [6.45, 7) is 1.88. The van der Waals surface area contributed by atoms with E-state index in [1.165, 1.54) is 24.5 Å². The number of nitrogens with one attached hydrogen (secondary N) is 3. The predicted molar refractivity (Wildman–Crippen MR) is 104 cm³/mol. The molecule has 0 aliphatic carbocycles. The van der Waals surface area contributed by atoms with Crippen molar-refractivity contribution in [3.63, 3.8) is 0 Å². The number of aromatic amines is 1. The first-order valence-electron chi connectivity index (χ1n) is 8.58. The topological polar surface area (TPSA) is 99.8 Å². The summed E-state index contributed by atoms with van der Waals surface area (Å²) in [7, 11) is 0. The molecule has 1 aliphatic rings. The van der Waals surface area contributed by atoms with Gasteiger partial charge in [-0.1, -0.05) is 18.5 Å². The Bertz CT molecular complexity index is 1160. The number of anilines is 3. The van der Waals surface area contributed by atoms with Gasteiger partial charge < -0.3 is 15.6 Å². The Balaban J connectivity index is 1.82. The van der Waals surface area contributed by atoms with E-state index in [2.05, 4.69) is 25.6 Å². The maximum absolute atomic E-state index is 14.3. The third-order valence-corrected chi connectivity index (χ3v) is 4.72. The fraction of sp³-hybridized carbons (Fsp3) is 0.158. The highest BCUT2D eigenvalue weighted by Gasteiger charge is 2.24. The first kappa shape index (κ1) is 18.1. The molecule has 0 spiro atoms. The largest absolute Gasteiger partial charge is 0.338 e. The van der Waals surface area contributed by atoms with Crippen molar-refractivity contribution in [2.24, 2.45) is 0 Å². The number of halogens is 2. The minimum absolute atomic E-state index is 0.101. The van der Waals surface area contributed by atoms with E-state index >= 15 is 0 Å². The maximum atomic E-state index is 14.3. The second kappa shape index (κ2) is 7.05. The van der Waals surface area contributed by atoms with Crippen LogP contribution in [0.15, 0.2) is 35.4 Å². The molecule has 1 aromatic carbocycles. The number of pyridine rings is 1. The highest BCUT2D eigenvalue weighted by molar-refractivity contribution is 6.30. The van der Waals surface area contributed by atoms with Gasteiger partial charge in [0.2, 0.25) is 5.91 Å². The van der Waals surface area contributed by atoms with E-state index < -0.39 is 11.4 Å². The zero-order valence-electron chi connectivity index (χ0n) is 14.8. The number of hydrogen-bond acceptors (Lipinski definition) is 5. The van der Waals surface area contributed by atoms with E-state index in [9.17, 15) is 14.0 Å². The molecule has 0 bridgehead atoms. The molecule has 7 nitrogen and oxygen atoms in total. The van der Waals surface area contributed by atoms with Gasteiger partial charge in [0, 0.05) is 21.8 Å². The Labute approximate surface area is 164 Å². The number of fused-ring (bicyclic) bond motifs is 1. The highest BCUT2D eigenvalue weighted by atomic mass is 35.5. The van der Waals surface area contributed by atoms with E-state index in [1.807, 2.05) is 6.92 Å². The summed E-state index contributed by atoms with van der Waals surface area (Å²) in [5.74, 6) is 0.175. The van der Waals surface area contributed by atoms with Crippen LogP contribution in [0.25, 0.3) is 11.1 Å². The molecule has 0 atom stereocenters.